The first kappa shape index (κ1) is 11.2. The molecule has 0 aliphatic rings. The van der Waals surface area contributed by atoms with E-state index < -0.39 is 0 Å². The van der Waals surface area contributed by atoms with Crippen molar-refractivity contribution in [2.24, 2.45) is 0 Å². The summed E-state index contributed by atoms with van der Waals surface area (Å²) in [6.07, 6.45) is 0. The average molecular weight is 223 g/mol. The van der Waals surface area contributed by atoms with Crippen LogP contribution in [0, 0.1) is 18.3 Å². The number of nitriles is 1. The molecular formula is C15H13NO. The van der Waals surface area contributed by atoms with Gasteiger partial charge in [-0.05, 0) is 36.8 Å². The van der Waals surface area contributed by atoms with Crippen molar-refractivity contribution in [2.45, 2.75) is 13.5 Å². The Hall–Kier alpha value is -2.27. The largest absolute Gasteiger partial charge is 0.489 e. The lowest BCUT2D eigenvalue weighted by molar-refractivity contribution is 0.306. The maximum atomic E-state index is 8.68. The van der Waals surface area contributed by atoms with E-state index in [0.717, 1.165) is 11.3 Å². The average Bonchev–Trinajstić information content (AvgIpc) is 2.39. The van der Waals surface area contributed by atoms with E-state index in [2.05, 4.69) is 6.07 Å². The van der Waals surface area contributed by atoms with Crippen LogP contribution in [0.25, 0.3) is 0 Å². The van der Waals surface area contributed by atoms with Crippen LogP contribution in [0.15, 0.2) is 48.5 Å². The summed E-state index contributed by atoms with van der Waals surface area (Å²) in [6, 6.07) is 17.5. The highest BCUT2D eigenvalue weighted by molar-refractivity contribution is 5.32. The Bertz CT molecular complexity index is 520. The zero-order chi connectivity index (χ0) is 12.1. The Kier molecular flexibility index (Phi) is 3.42. The predicted molar refractivity (Wildman–Crippen MR) is 66.7 cm³/mol. The molecule has 0 saturated heterocycles. The Balaban J connectivity index is 1.98. The molecule has 2 heteroatoms. The molecule has 0 radical (unpaired) electrons. The van der Waals surface area contributed by atoms with Crippen LogP contribution in [0.1, 0.15) is 16.7 Å². The number of ether oxygens (including phenoxy) is 1. The molecule has 0 heterocycles. The van der Waals surface area contributed by atoms with Gasteiger partial charge in [0.2, 0.25) is 0 Å². The smallest absolute Gasteiger partial charge is 0.119 e. The molecule has 2 nitrogen and oxygen atoms in total. The molecule has 2 aromatic carbocycles. The SMILES string of the molecule is Cc1ccc(OCc2ccc(C#N)cc2)cc1. The molecule has 2 aromatic rings. The molecule has 0 saturated carbocycles. The summed E-state index contributed by atoms with van der Waals surface area (Å²) in [5.74, 6) is 0.861. The van der Waals surface area contributed by atoms with Gasteiger partial charge in [-0.3, -0.25) is 0 Å². The summed E-state index contributed by atoms with van der Waals surface area (Å²) in [4.78, 5) is 0. The fourth-order valence-corrected chi connectivity index (χ4v) is 1.48. The summed E-state index contributed by atoms with van der Waals surface area (Å²) < 4.78 is 5.64. The van der Waals surface area contributed by atoms with Crippen LogP contribution in [0.4, 0.5) is 0 Å². The molecule has 17 heavy (non-hydrogen) atoms. The first-order chi connectivity index (χ1) is 8.28. The van der Waals surface area contributed by atoms with Crippen LogP contribution >= 0.6 is 0 Å². The third kappa shape index (κ3) is 3.09. The fourth-order valence-electron chi connectivity index (χ4n) is 1.48. The quantitative estimate of drug-likeness (QED) is 0.798. The lowest BCUT2D eigenvalue weighted by Gasteiger charge is -2.06. The molecule has 0 bridgehead atoms. The van der Waals surface area contributed by atoms with Gasteiger partial charge in [0.15, 0.2) is 0 Å². The second kappa shape index (κ2) is 5.18. The predicted octanol–water partition coefficient (Wildman–Crippen LogP) is 3.45. The molecule has 0 aromatic heterocycles. The monoisotopic (exact) mass is 223 g/mol. The third-order valence-corrected chi connectivity index (χ3v) is 2.51. The molecule has 84 valence electrons. The molecule has 0 N–H and O–H groups in total. The van der Waals surface area contributed by atoms with E-state index in [9.17, 15) is 0 Å². The zero-order valence-corrected chi connectivity index (χ0v) is 9.68. The van der Waals surface area contributed by atoms with Crippen molar-refractivity contribution in [3.63, 3.8) is 0 Å². The van der Waals surface area contributed by atoms with Crippen molar-refractivity contribution in [1.29, 1.82) is 5.26 Å². The van der Waals surface area contributed by atoms with Gasteiger partial charge in [-0.2, -0.15) is 5.26 Å². The van der Waals surface area contributed by atoms with E-state index in [-0.39, 0.29) is 0 Å². The summed E-state index contributed by atoms with van der Waals surface area (Å²) in [5.41, 5.74) is 2.95. The van der Waals surface area contributed by atoms with E-state index >= 15 is 0 Å². The first-order valence-corrected chi connectivity index (χ1v) is 5.46. The topological polar surface area (TPSA) is 33.0 Å². The summed E-state index contributed by atoms with van der Waals surface area (Å²) in [5, 5.41) is 8.68. The Morgan fingerprint density at radius 3 is 2.24 bits per heavy atom. The first-order valence-electron chi connectivity index (χ1n) is 5.46. The van der Waals surface area contributed by atoms with Gasteiger partial charge in [0.05, 0.1) is 11.6 Å². The minimum absolute atomic E-state index is 0.523. The zero-order valence-electron chi connectivity index (χ0n) is 9.68. The molecule has 0 atom stereocenters. The Morgan fingerprint density at radius 2 is 1.65 bits per heavy atom. The van der Waals surface area contributed by atoms with Crippen LogP contribution in [-0.2, 0) is 6.61 Å². The molecule has 0 fully saturated rings. The highest BCUT2D eigenvalue weighted by Gasteiger charge is 1.96. The minimum Gasteiger partial charge on any atom is -0.489 e. The summed E-state index contributed by atoms with van der Waals surface area (Å²) in [6.45, 7) is 2.57. The van der Waals surface area contributed by atoms with Crippen LogP contribution in [0.3, 0.4) is 0 Å². The number of benzene rings is 2. The van der Waals surface area contributed by atoms with Crippen LogP contribution < -0.4 is 4.74 Å². The van der Waals surface area contributed by atoms with Crippen LogP contribution in [0.5, 0.6) is 5.75 Å². The number of hydrogen-bond donors (Lipinski definition) is 0. The second-order valence-electron chi connectivity index (χ2n) is 3.91. The van der Waals surface area contributed by atoms with Crippen molar-refractivity contribution < 1.29 is 4.74 Å². The summed E-state index contributed by atoms with van der Waals surface area (Å²) >= 11 is 0. The molecule has 0 spiro atoms. The van der Waals surface area contributed by atoms with Crippen molar-refractivity contribution in [1.82, 2.24) is 0 Å². The van der Waals surface area contributed by atoms with Crippen molar-refractivity contribution >= 4 is 0 Å². The van der Waals surface area contributed by atoms with Crippen molar-refractivity contribution in [2.75, 3.05) is 0 Å². The molecule has 0 unspecified atom stereocenters. The third-order valence-electron chi connectivity index (χ3n) is 2.51. The number of nitrogens with zero attached hydrogens (tertiary/aromatic N) is 1. The van der Waals surface area contributed by atoms with Gasteiger partial charge in [-0.1, -0.05) is 29.8 Å². The van der Waals surface area contributed by atoms with E-state index in [4.69, 9.17) is 10.00 Å². The normalized spacial score (nSPS) is 9.65. The lowest BCUT2D eigenvalue weighted by Crippen LogP contribution is -1.95. The van der Waals surface area contributed by atoms with Gasteiger partial charge >= 0.3 is 0 Å². The van der Waals surface area contributed by atoms with E-state index in [0.29, 0.717) is 12.2 Å². The molecule has 0 amide bonds. The van der Waals surface area contributed by atoms with Gasteiger partial charge in [-0.15, -0.1) is 0 Å². The van der Waals surface area contributed by atoms with Crippen LogP contribution in [-0.4, -0.2) is 0 Å². The van der Waals surface area contributed by atoms with Gasteiger partial charge in [0.25, 0.3) is 0 Å². The summed E-state index contributed by atoms with van der Waals surface area (Å²) in [7, 11) is 0. The number of rotatable bonds is 3. The van der Waals surface area contributed by atoms with E-state index in [1.165, 1.54) is 5.56 Å². The maximum absolute atomic E-state index is 8.68. The van der Waals surface area contributed by atoms with Crippen LogP contribution in [0.2, 0.25) is 0 Å². The van der Waals surface area contributed by atoms with Crippen molar-refractivity contribution in [3.8, 4) is 11.8 Å². The highest BCUT2D eigenvalue weighted by Crippen LogP contribution is 2.13. The molecule has 0 aliphatic carbocycles. The fraction of sp³-hybridized carbons (Fsp3) is 0.133. The van der Waals surface area contributed by atoms with E-state index in [1.54, 1.807) is 12.1 Å². The van der Waals surface area contributed by atoms with Crippen molar-refractivity contribution in [3.05, 3.63) is 65.2 Å². The van der Waals surface area contributed by atoms with Gasteiger partial charge < -0.3 is 4.74 Å². The van der Waals surface area contributed by atoms with E-state index in [1.807, 2.05) is 43.3 Å². The maximum Gasteiger partial charge on any atom is 0.119 e. The molecule has 2 rings (SSSR count). The highest BCUT2D eigenvalue weighted by atomic mass is 16.5. The molecule has 0 aliphatic heterocycles. The van der Waals surface area contributed by atoms with Gasteiger partial charge in [0.1, 0.15) is 12.4 Å². The Morgan fingerprint density at radius 1 is 1.00 bits per heavy atom. The Labute approximate surface area is 101 Å². The lowest BCUT2D eigenvalue weighted by atomic mass is 10.1. The minimum atomic E-state index is 0.523. The van der Waals surface area contributed by atoms with Gasteiger partial charge in [-0.25, -0.2) is 0 Å². The van der Waals surface area contributed by atoms with Gasteiger partial charge in [0, 0.05) is 0 Å². The standard InChI is InChI=1S/C15H13NO/c1-12-2-8-15(9-3-12)17-11-14-6-4-13(10-16)5-7-14/h2-9H,11H2,1H3. The number of aryl methyl sites for hydroxylation is 1. The molecular weight excluding hydrogens is 210 g/mol. The number of hydrogen-bond acceptors (Lipinski definition) is 2. The second-order valence-corrected chi connectivity index (χ2v) is 3.91.